The van der Waals surface area contributed by atoms with Gasteiger partial charge < -0.3 is 0 Å². The summed E-state index contributed by atoms with van der Waals surface area (Å²) in [6, 6.07) is 69.2. The van der Waals surface area contributed by atoms with E-state index in [1.54, 1.807) is 0 Å². The third-order valence-electron chi connectivity index (χ3n) is 10.1. The molecule has 10 aromatic rings. The number of aromatic nitrogens is 5. The lowest BCUT2D eigenvalue weighted by atomic mass is 9.94. The van der Waals surface area contributed by atoms with Gasteiger partial charge in [0.05, 0.1) is 11.2 Å². The number of rotatable bonds is 7. The first-order valence-corrected chi connectivity index (χ1v) is 18.4. The predicted molar refractivity (Wildman–Crippen MR) is 225 cm³/mol. The molecule has 0 aliphatic carbocycles. The Kier molecular flexibility index (Phi) is 8.08. The molecule has 5 heteroatoms. The van der Waals surface area contributed by atoms with Crippen LogP contribution in [0, 0.1) is 0 Å². The number of hydrogen-bond acceptors (Lipinski definition) is 4. The summed E-state index contributed by atoms with van der Waals surface area (Å²) in [4.78, 5) is 15.1. The van der Waals surface area contributed by atoms with Gasteiger partial charge in [0.15, 0.2) is 17.5 Å². The summed E-state index contributed by atoms with van der Waals surface area (Å²) >= 11 is 0. The molecular formula is C50H33N5. The molecule has 0 unspecified atom stereocenters. The minimum Gasteiger partial charge on any atom is -0.232 e. The molecule has 0 aliphatic rings. The Morgan fingerprint density at radius 1 is 0.345 bits per heavy atom. The van der Waals surface area contributed by atoms with E-state index < -0.39 is 0 Å². The fraction of sp³-hybridized carbons (Fsp3) is 0. The third-order valence-corrected chi connectivity index (χ3v) is 10.1. The molecular weight excluding hydrogens is 671 g/mol. The van der Waals surface area contributed by atoms with E-state index in [0.29, 0.717) is 17.5 Å². The van der Waals surface area contributed by atoms with Gasteiger partial charge in [-0.2, -0.15) is 5.10 Å². The molecule has 258 valence electrons. The zero-order valence-corrected chi connectivity index (χ0v) is 29.8. The summed E-state index contributed by atoms with van der Waals surface area (Å²) in [5.41, 5.74) is 11.3. The summed E-state index contributed by atoms with van der Waals surface area (Å²) in [5.74, 6) is 1.85. The topological polar surface area (TPSA) is 56.5 Å². The van der Waals surface area contributed by atoms with Crippen LogP contribution in [0.4, 0.5) is 0 Å². The molecule has 0 fully saturated rings. The Balaban J connectivity index is 1.14. The fourth-order valence-corrected chi connectivity index (χ4v) is 7.39. The van der Waals surface area contributed by atoms with E-state index in [9.17, 15) is 0 Å². The Morgan fingerprint density at radius 2 is 0.836 bits per heavy atom. The summed E-state index contributed by atoms with van der Waals surface area (Å²) < 4.78 is 2.10. The van der Waals surface area contributed by atoms with Gasteiger partial charge in [0, 0.05) is 33.0 Å². The van der Waals surface area contributed by atoms with Crippen LogP contribution in [-0.4, -0.2) is 24.7 Å². The Morgan fingerprint density at radius 3 is 1.49 bits per heavy atom. The number of benzene rings is 8. The molecule has 10 rings (SSSR count). The summed E-state index contributed by atoms with van der Waals surface area (Å²) in [7, 11) is 0. The van der Waals surface area contributed by atoms with Gasteiger partial charge in [-0.15, -0.1) is 0 Å². The highest BCUT2D eigenvalue weighted by atomic mass is 15.3. The lowest BCUT2D eigenvalue weighted by molar-refractivity contribution is 0.917. The van der Waals surface area contributed by atoms with Gasteiger partial charge in [-0.05, 0) is 64.0 Å². The van der Waals surface area contributed by atoms with Crippen molar-refractivity contribution in [2.24, 2.45) is 0 Å². The van der Waals surface area contributed by atoms with Crippen LogP contribution < -0.4 is 0 Å². The van der Waals surface area contributed by atoms with Crippen molar-refractivity contribution in [1.82, 2.24) is 24.7 Å². The molecule has 0 amide bonds. The molecule has 0 atom stereocenters. The molecule has 0 aliphatic heterocycles. The second-order valence-electron chi connectivity index (χ2n) is 13.5. The second kappa shape index (κ2) is 13.8. The molecule has 0 saturated heterocycles. The van der Waals surface area contributed by atoms with Gasteiger partial charge in [-0.3, -0.25) is 0 Å². The zero-order valence-electron chi connectivity index (χ0n) is 29.8. The van der Waals surface area contributed by atoms with Crippen LogP contribution in [0.15, 0.2) is 200 Å². The fourth-order valence-electron chi connectivity index (χ4n) is 7.39. The monoisotopic (exact) mass is 703 g/mol. The molecule has 0 saturated carbocycles. The largest absolute Gasteiger partial charge is 0.232 e. The summed E-state index contributed by atoms with van der Waals surface area (Å²) in [5, 5.41) is 8.81. The van der Waals surface area contributed by atoms with Crippen molar-refractivity contribution in [3.8, 4) is 73.4 Å². The van der Waals surface area contributed by atoms with Gasteiger partial charge in [-0.25, -0.2) is 19.6 Å². The van der Waals surface area contributed by atoms with Crippen LogP contribution in [0.2, 0.25) is 0 Å². The van der Waals surface area contributed by atoms with E-state index >= 15 is 0 Å². The van der Waals surface area contributed by atoms with E-state index in [2.05, 4.69) is 162 Å². The van der Waals surface area contributed by atoms with Gasteiger partial charge in [0.25, 0.3) is 0 Å². The summed E-state index contributed by atoms with van der Waals surface area (Å²) in [6.45, 7) is 0. The van der Waals surface area contributed by atoms with Gasteiger partial charge in [-0.1, -0.05) is 164 Å². The van der Waals surface area contributed by atoms with Crippen LogP contribution in [0.3, 0.4) is 0 Å². The van der Waals surface area contributed by atoms with Crippen molar-refractivity contribution in [1.29, 1.82) is 0 Å². The highest BCUT2D eigenvalue weighted by Gasteiger charge is 2.21. The number of hydrogen-bond donors (Lipinski definition) is 0. The molecule has 5 nitrogen and oxygen atoms in total. The molecule has 55 heavy (non-hydrogen) atoms. The van der Waals surface area contributed by atoms with Gasteiger partial charge >= 0.3 is 0 Å². The first-order valence-electron chi connectivity index (χ1n) is 18.4. The minimum absolute atomic E-state index is 0.604. The highest BCUT2D eigenvalue weighted by molar-refractivity contribution is 6.17. The van der Waals surface area contributed by atoms with Crippen molar-refractivity contribution in [3.63, 3.8) is 0 Å². The average Bonchev–Trinajstić information content (AvgIpc) is 3.68. The Hall–Kier alpha value is -7.50. The lowest BCUT2D eigenvalue weighted by Gasteiger charge is -2.12. The van der Waals surface area contributed by atoms with Crippen molar-refractivity contribution >= 4 is 21.7 Å². The van der Waals surface area contributed by atoms with Crippen molar-refractivity contribution in [3.05, 3.63) is 200 Å². The SMILES string of the molecule is c1ccc(-c2cccc(-c3nc(-c4ccccc4)nc(-c4ccc(-n5nc(-c6ccccc6)c6c(-c7ccccc7)cc7ccccc7c65)cc4)n3)c2)cc1. The Bertz CT molecular complexity index is 2940. The molecule has 2 heterocycles. The second-order valence-corrected chi connectivity index (χ2v) is 13.5. The van der Waals surface area contributed by atoms with E-state index in [1.807, 2.05) is 42.5 Å². The molecule has 0 radical (unpaired) electrons. The van der Waals surface area contributed by atoms with E-state index in [-0.39, 0.29) is 0 Å². The third kappa shape index (κ3) is 6.04. The highest BCUT2D eigenvalue weighted by Crippen LogP contribution is 2.41. The normalized spacial score (nSPS) is 11.3. The van der Waals surface area contributed by atoms with Crippen LogP contribution >= 0.6 is 0 Å². The maximum absolute atomic E-state index is 5.38. The van der Waals surface area contributed by atoms with Crippen molar-refractivity contribution in [2.45, 2.75) is 0 Å². The van der Waals surface area contributed by atoms with Gasteiger partial charge in [0.2, 0.25) is 0 Å². The zero-order chi connectivity index (χ0) is 36.6. The van der Waals surface area contributed by atoms with E-state index in [4.69, 9.17) is 20.1 Å². The van der Waals surface area contributed by atoms with E-state index in [0.717, 1.165) is 77.6 Å². The summed E-state index contributed by atoms with van der Waals surface area (Å²) in [6.07, 6.45) is 0. The van der Waals surface area contributed by atoms with Crippen LogP contribution in [-0.2, 0) is 0 Å². The molecule has 2 aromatic heterocycles. The average molecular weight is 704 g/mol. The number of nitrogens with zero attached hydrogens (tertiary/aromatic N) is 5. The molecule has 0 bridgehead atoms. The first-order chi connectivity index (χ1) is 27.3. The number of fused-ring (bicyclic) bond motifs is 3. The van der Waals surface area contributed by atoms with Crippen LogP contribution in [0.5, 0.6) is 0 Å². The lowest BCUT2D eigenvalue weighted by Crippen LogP contribution is -2.01. The van der Waals surface area contributed by atoms with Crippen LogP contribution in [0.25, 0.3) is 95.0 Å². The predicted octanol–water partition coefficient (Wildman–Crippen LogP) is 12.4. The van der Waals surface area contributed by atoms with Crippen molar-refractivity contribution < 1.29 is 0 Å². The minimum atomic E-state index is 0.604. The van der Waals surface area contributed by atoms with Gasteiger partial charge in [0.1, 0.15) is 5.69 Å². The molecule has 0 spiro atoms. The quantitative estimate of drug-likeness (QED) is 0.166. The smallest absolute Gasteiger partial charge is 0.164 e. The maximum atomic E-state index is 5.38. The molecule has 8 aromatic carbocycles. The van der Waals surface area contributed by atoms with Crippen molar-refractivity contribution in [2.75, 3.05) is 0 Å². The van der Waals surface area contributed by atoms with E-state index in [1.165, 1.54) is 0 Å². The van der Waals surface area contributed by atoms with Crippen LogP contribution in [0.1, 0.15) is 0 Å². The first kappa shape index (κ1) is 32.2. The standard InChI is InChI=1S/C50H33N5/c1-5-16-34(17-6-1)39-25-15-26-41(32-39)50-52-48(37-22-11-4-12-23-37)51-49(53-50)38-28-30-42(31-29-38)55-47-43-27-14-13-24-40(43)33-44(35-18-7-2-8-19-35)45(47)46(54-55)36-20-9-3-10-21-36/h1-33H. The molecule has 0 N–H and O–H groups in total. The Labute approximate surface area is 318 Å². The maximum Gasteiger partial charge on any atom is 0.164 e.